The van der Waals surface area contributed by atoms with E-state index in [0.717, 1.165) is 11.0 Å². The fourth-order valence-corrected chi connectivity index (χ4v) is 2.34. The SMILES string of the molecule is CC(=O)N(CCC(=O)Nc1cccc(Cl)c1)c1ccc(F)cc1F. The molecule has 0 radical (unpaired) electrons. The van der Waals surface area contributed by atoms with Gasteiger partial charge in [0.1, 0.15) is 11.6 Å². The summed E-state index contributed by atoms with van der Waals surface area (Å²) in [5.74, 6) is -2.40. The highest BCUT2D eigenvalue weighted by Crippen LogP contribution is 2.21. The Morgan fingerprint density at radius 2 is 1.92 bits per heavy atom. The normalized spacial score (nSPS) is 10.3. The van der Waals surface area contributed by atoms with E-state index in [4.69, 9.17) is 11.6 Å². The quantitative estimate of drug-likeness (QED) is 0.884. The van der Waals surface area contributed by atoms with E-state index in [9.17, 15) is 18.4 Å². The Morgan fingerprint density at radius 1 is 1.17 bits per heavy atom. The molecule has 2 aromatic rings. The van der Waals surface area contributed by atoms with E-state index in [1.807, 2.05) is 0 Å². The van der Waals surface area contributed by atoms with Gasteiger partial charge in [-0.15, -0.1) is 0 Å². The lowest BCUT2D eigenvalue weighted by Crippen LogP contribution is -2.32. The maximum Gasteiger partial charge on any atom is 0.226 e. The van der Waals surface area contributed by atoms with E-state index in [1.165, 1.54) is 13.0 Å². The minimum Gasteiger partial charge on any atom is -0.326 e. The molecule has 0 atom stereocenters. The van der Waals surface area contributed by atoms with Crippen molar-refractivity contribution >= 4 is 34.8 Å². The van der Waals surface area contributed by atoms with E-state index in [1.54, 1.807) is 24.3 Å². The number of nitrogens with one attached hydrogen (secondary N) is 1. The average molecular weight is 353 g/mol. The zero-order valence-electron chi connectivity index (χ0n) is 12.9. The predicted molar refractivity (Wildman–Crippen MR) is 89.1 cm³/mol. The molecule has 0 aromatic heterocycles. The first-order valence-electron chi connectivity index (χ1n) is 7.15. The molecule has 0 fully saturated rings. The van der Waals surface area contributed by atoms with Gasteiger partial charge in [-0.3, -0.25) is 9.59 Å². The van der Waals surface area contributed by atoms with Crippen LogP contribution in [0.4, 0.5) is 20.2 Å². The summed E-state index contributed by atoms with van der Waals surface area (Å²) in [4.78, 5) is 24.8. The van der Waals surface area contributed by atoms with Gasteiger partial charge in [0.2, 0.25) is 11.8 Å². The molecule has 7 heteroatoms. The molecule has 126 valence electrons. The first kappa shape index (κ1) is 17.9. The molecule has 1 N–H and O–H groups in total. The minimum absolute atomic E-state index is 0.0374. The van der Waals surface area contributed by atoms with Gasteiger partial charge in [-0.25, -0.2) is 8.78 Å². The number of carbonyl (C=O) groups is 2. The second-order valence-corrected chi connectivity index (χ2v) is 5.51. The molecule has 2 amide bonds. The Morgan fingerprint density at radius 3 is 2.54 bits per heavy atom. The summed E-state index contributed by atoms with van der Waals surface area (Å²) in [7, 11) is 0. The highest BCUT2D eigenvalue weighted by atomic mass is 35.5. The Balaban J connectivity index is 2.03. The van der Waals surface area contributed by atoms with Crippen molar-refractivity contribution in [2.45, 2.75) is 13.3 Å². The van der Waals surface area contributed by atoms with Crippen molar-refractivity contribution in [1.82, 2.24) is 0 Å². The first-order chi connectivity index (χ1) is 11.4. The standard InChI is InChI=1S/C17H15ClF2N2O2/c1-11(23)22(16-6-5-13(19)10-15(16)20)8-7-17(24)21-14-4-2-3-12(18)9-14/h2-6,9-10H,7-8H2,1H3,(H,21,24). The van der Waals surface area contributed by atoms with E-state index >= 15 is 0 Å². The Bertz CT molecular complexity index is 768. The first-order valence-corrected chi connectivity index (χ1v) is 7.53. The lowest BCUT2D eigenvalue weighted by atomic mass is 10.2. The van der Waals surface area contributed by atoms with Gasteiger partial charge in [-0.2, -0.15) is 0 Å². The average Bonchev–Trinajstić information content (AvgIpc) is 2.49. The van der Waals surface area contributed by atoms with E-state index < -0.39 is 17.5 Å². The van der Waals surface area contributed by atoms with Gasteiger partial charge >= 0.3 is 0 Å². The Kier molecular flexibility index (Phi) is 5.87. The van der Waals surface area contributed by atoms with Crippen molar-refractivity contribution in [2.24, 2.45) is 0 Å². The fourth-order valence-electron chi connectivity index (χ4n) is 2.15. The summed E-state index contributed by atoms with van der Waals surface area (Å²) < 4.78 is 26.8. The third-order valence-corrected chi connectivity index (χ3v) is 3.49. The van der Waals surface area contributed by atoms with Crippen LogP contribution in [0, 0.1) is 11.6 Å². The number of halogens is 3. The number of hydrogen-bond donors (Lipinski definition) is 1. The Labute approximate surface area is 143 Å². The smallest absolute Gasteiger partial charge is 0.226 e. The lowest BCUT2D eigenvalue weighted by molar-refractivity contribution is -0.117. The van der Waals surface area contributed by atoms with Crippen molar-refractivity contribution in [1.29, 1.82) is 0 Å². The van der Waals surface area contributed by atoms with E-state index in [0.29, 0.717) is 16.8 Å². The summed E-state index contributed by atoms with van der Waals surface area (Å²) in [5, 5.41) is 3.12. The molecule has 0 aliphatic rings. The van der Waals surface area contributed by atoms with Gasteiger partial charge in [0.05, 0.1) is 5.69 Å². The van der Waals surface area contributed by atoms with E-state index in [-0.39, 0.29) is 24.6 Å². The summed E-state index contributed by atoms with van der Waals surface area (Å²) in [5.41, 5.74) is 0.453. The maximum atomic E-state index is 13.8. The molecule has 0 aliphatic heterocycles. The molecule has 4 nitrogen and oxygen atoms in total. The lowest BCUT2D eigenvalue weighted by Gasteiger charge is -2.21. The van der Waals surface area contributed by atoms with Crippen molar-refractivity contribution in [3.63, 3.8) is 0 Å². The number of rotatable bonds is 5. The van der Waals surface area contributed by atoms with Crippen LogP contribution in [0.5, 0.6) is 0 Å². The van der Waals surface area contributed by atoms with Crippen LogP contribution >= 0.6 is 11.6 Å². The van der Waals surface area contributed by atoms with Crippen LogP contribution in [-0.2, 0) is 9.59 Å². The van der Waals surface area contributed by atoms with Crippen LogP contribution in [0.3, 0.4) is 0 Å². The highest BCUT2D eigenvalue weighted by Gasteiger charge is 2.17. The molecule has 0 heterocycles. The van der Waals surface area contributed by atoms with Crippen LogP contribution in [0.15, 0.2) is 42.5 Å². The molecular formula is C17H15ClF2N2O2. The summed E-state index contributed by atoms with van der Waals surface area (Å²) >= 11 is 5.83. The van der Waals surface area contributed by atoms with Gasteiger partial charge in [0.25, 0.3) is 0 Å². The van der Waals surface area contributed by atoms with Crippen LogP contribution in [0.2, 0.25) is 5.02 Å². The van der Waals surface area contributed by atoms with Crippen molar-refractivity contribution < 1.29 is 18.4 Å². The minimum atomic E-state index is -0.861. The van der Waals surface area contributed by atoms with Crippen LogP contribution in [0.1, 0.15) is 13.3 Å². The van der Waals surface area contributed by atoms with Crippen molar-refractivity contribution in [3.8, 4) is 0 Å². The summed E-state index contributed by atoms with van der Waals surface area (Å²) in [6, 6.07) is 9.53. The second kappa shape index (κ2) is 7.88. The van der Waals surface area contributed by atoms with Crippen LogP contribution < -0.4 is 10.2 Å². The van der Waals surface area contributed by atoms with Crippen molar-refractivity contribution in [2.75, 3.05) is 16.8 Å². The monoisotopic (exact) mass is 352 g/mol. The molecule has 2 aromatic carbocycles. The summed E-state index contributed by atoms with van der Waals surface area (Å²) in [6.07, 6.45) is -0.0527. The van der Waals surface area contributed by atoms with Gasteiger partial charge in [-0.1, -0.05) is 17.7 Å². The molecule has 24 heavy (non-hydrogen) atoms. The van der Waals surface area contributed by atoms with Crippen molar-refractivity contribution in [3.05, 3.63) is 59.1 Å². The molecular weight excluding hydrogens is 338 g/mol. The third-order valence-electron chi connectivity index (χ3n) is 3.25. The van der Waals surface area contributed by atoms with Crippen LogP contribution in [0.25, 0.3) is 0 Å². The number of nitrogens with zero attached hydrogens (tertiary/aromatic N) is 1. The van der Waals surface area contributed by atoms with Gasteiger partial charge < -0.3 is 10.2 Å². The zero-order chi connectivity index (χ0) is 17.7. The number of carbonyl (C=O) groups excluding carboxylic acids is 2. The molecule has 0 saturated heterocycles. The third kappa shape index (κ3) is 4.76. The number of hydrogen-bond acceptors (Lipinski definition) is 2. The topological polar surface area (TPSA) is 49.4 Å². The second-order valence-electron chi connectivity index (χ2n) is 5.07. The summed E-state index contributed by atoms with van der Waals surface area (Å²) in [6.45, 7) is 1.21. The maximum absolute atomic E-state index is 13.8. The molecule has 0 saturated carbocycles. The molecule has 0 unspecified atom stereocenters. The number of amides is 2. The van der Waals surface area contributed by atoms with Gasteiger partial charge in [0.15, 0.2) is 0 Å². The largest absolute Gasteiger partial charge is 0.326 e. The van der Waals surface area contributed by atoms with E-state index in [2.05, 4.69) is 5.32 Å². The Hall–Kier alpha value is -2.47. The molecule has 0 bridgehead atoms. The fraction of sp³-hybridized carbons (Fsp3) is 0.176. The molecule has 0 spiro atoms. The van der Waals surface area contributed by atoms with Crippen LogP contribution in [-0.4, -0.2) is 18.4 Å². The van der Waals surface area contributed by atoms with Gasteiger partial charge in [-0.05, 0) is 30.3 Å². The molecule has 2 rings (SSSR count). The highest BCUT2D eigenvalue weighted by molar-refractivity contribution is 6.30. The molecule has 0 aliphatic carbocycles. The van der Waals surface area contributed by atoms with Gasteiger partial charge in [0, 0.05) is 36.7 Å². The predicted octanol–water partition coefficient (Wildman–Crippen LogP) is 4.00. The zero-order valence-corrected chi connectivity index (χ0v) is 13.6. The number of benzene rings is 2. The number of anilines is 2.